The number of rotatable bonds is 6. The van der Waals surface area contributed by atoms with Gasteiger partial charge in [0.25, 0.3) is 11.6 Å². The Labute approximate surface area is 148 Å². The Bertz CT molecular complexity index is 792. The fourth-order valence-electron chi connectivity index (χ4n) is 2.21. The highest BCUT2D eigenvalue weighted by atomic mass is 35.5. The number of ether oxygens (including phenoxy) is 1. The highest BCUT2D eigenvalue weighted by Gasteiger charge is 2.23. The maximum atomic E-state index is 12.3. The third-order valence-electron chi connectivity index (χ3n) is 3.50. The van der Waals surface area contributed by atoms with Gasteiger partial charge in [-0.2, -0.15) is 0 Å². The van der Waals surface area contributed by atoms with Gasteiger partial charge in [-0.15, -0.1) is 0 Å². The average molecular weight is 363 g/mol. The Hall–Kier alpha value is -2.93. The van der Waals surface area contributed by atoms with Crippen LogP contribution in [0.15, 0.2) is 48.5 Å². The predicted molar refractivity (Wildman–Crippen MR) is 91.5 cm³/mol. The molecule has 130 valence electrons. The molecule has 1 amide bonds. The summed E-state index contributed by atoms with van der Waals surface area (Å²) in [6.45, 7) is 0. The molecule has 2 aromatic rings. The molecular weight excluding hydrogens is 348 g/mol. The van der Waals surface area contributed by atoms with Crippen molar-refractivity contribution in [3.63, 3.8) is 0 Å². The molecule has 0 heterocycles. The van der Waals surface area contributed by atoms with Crippen molar-refractivity contribution in [2.24, 2.45) is 0 Å². The summed E-state index contributed by atoms with van der Waals surface area (Å²) in [5, 5.41) is 13.5. The summed E-state index contributed by atoms with van der Waals surface area (Å²) >= 11 is 5.98. The van der Waals surface area contributed by atoms with Gasteiger partial charge in [0.15, 0.2) is 0 Å². The van der Waals surface area contributed by atoms with Crippen LogP contribution in [0.5, 0.6) is 0 Å². The number of esters is 1. The Morgan fingerprint density at radius 3 is 2.40 bits per heavy atom. The minimum Gasteiger partial charge on any atom is -0.467 e. The number of halogens is 1. The molecule has 0 aromatic heterocycles. The summed E-state index contributed by atoms with van der Waals surface area (Å²) in [6, 6.07) is 11.2. The van der Waals surface area contributed by atoms with Crippen LogP contribution in [-0.4, -0.2) is 30.0 Å². The van der Waals surface area contributed by atoms with E-state index in [-0.39, 0.29) is 22.7 Å². The lowest BCUT2D eigenvalue weighted by molar-refractivity contribution is -0.384. The summed E-state index contributed by atoms with van der Waals surface area (Å²) in [7, 11) is 1.22. The smallest absolute Gasteiger partial charge is 0.328 e. The van der Waals surface area contributed by atoms with Crippen molar-refractivity contribution in [1.29, 1.82) is 0 Å². The topological polar surface area (TPSA) is 98.5 Å². The van der Waals surface area contributed by atoms with Crippen LogP contribution in [0.25, 0.3) is 0 Å². The maximum Gasteiger partial charge on any atom is 0.328 e. The summed E-state index contributed by atoms with van der Waals surface area (Å²) < 4.78 is 4.72. The molecule has 0 radical (unpaired) electrons. The van der Waals surface area contributed by atoms with E-state index in [0.29, 0.717) is 5.56 Å². The van der Waals surface area contributed by atoms with Gasteiger partial charge >= 0.3 is 5.97 Å². The first-order chi connectivity index (χ1) is 11.9. The van der Waals surface area contributed by atoms with Crippen LogP contribution in [-0.2, 0) is 16.0 Å². The van der Waals surface area contributed by atoms with E-state index in [0.717, 1.165) is 0 Å². The van der Waals surface area contributed by atoms with Crippen LogP contribution < -0.4 is 5.32 Å². The van der Waals surface area contributed by atoms with Gasteiger partial charge in [-0.05, 0) is 17.7 Å². The van der Waals surface area contributed by atoms with Gasteiger partial charge in [-0.3, -0.25) is 14.9 Å². The van der Waals surface area contributed by atoms with Gasteiger partial charge in [0.2, 0.25) is 0 Å². The summed E-state index contributed by atoms with van der Waals surface area (Å²) in [6.07, 6.45) is 0.126. The quantitative estimate of drug-likeness (QED) is 0.484. The first-order valence-corrected chi connectivity index (χ1v) is 7.66. The number of carbonyl (C=O) groups is 2. The van der Waals surface area contributed by atoms with Gasteiger partial charge in [0, 0.05) is 18.6 Å². The van der Waals surface area contributed by atoms with Crippen molar-refractivity contribution in [1.82, 2.24) is 5.32 Å². The molecule has 0 spiro atoms. The molecule has 0 aliphatic carbocycles. The summed E-state index contributed by atoms with van der Waals surface area (Å²) in [5.41, 5.74) is 0.820. The normalized spacial score (nSPS) is 11.4. The molecule has 2 aromatic carbocycles. The lowest BCUT2D eigenvalue weighted by Crippen LogP contribution is -2.43. The SMILES string of the molecule is COC(=O)[C@@H](Cc1ccc([N+](=O)[O-])cc1)NC(=O)c1ccccc1Cl. The molecule has 0 unspecified atom stereocenters. The average Bonchev–Trinajstić information content (AvgIpc) is 2.61. The highest BCUT2D eigenvalue weighted by Crippen LogP contribution is 2.16. The minimum atomic E-state index is -0.949. The van der Waals surface area contributed by atoms with Gasteiger partial charge in [-0.1, -0.05) is 35.9 Å². The first kappa shape index (κ1) is 18.4. The van der Waals surface area contributed by atoms with E-state index in [1.54, 1.807) is 18.2 Å². The number of nitrogens with one attached hydrogen (secondary N) is 1. The van der Waals surface area contributed by atoms with Crippen LogP contribution >= 0.6 is 11.6 Å². The zero-order valence-corrected chi connectivity index (χ0v) is 14.0. The van der Waals surface area contributed by atoms with E-state index in [4.69, 9.17) is 16.3 Å². The monoisotopic (exact) mass is 362 g/mol. The molecule has 0 aliphatic rings. The van der Waals surface area contributed by atoms with Crippen molar-refractivity contribution in [3.8, 4) is 0 Å². The number of benzene rings is 2. The third kappa shape index (κ3) is 4.77. The number of amides is 1. The van der Waals surface area contributed by atoms with Crippen LogP contribution in [0.2, 0.25) is 5.02 Å². The van der Waals surface area contributed by atoms with E-state index in [2.05, 4.69) is 5.32 Å². The van der Waals surface area contributed by atoms with Crippen molar-refractivity contribution >= 4 is 29.2 Å². The molecule has 0 fully saturated rings. The maximum absolute atomic E-state index is 12.3. The van der Waals surface area contributed by atoms with Gasteiger partial charge < -0.3 is 10.1 Å². The van der Waals surface area contributed by atoms with Crippen molar-refractivity contribution in [2.75, 3.05) is 7.11 Å². The number of methoxy groups -OCH3 is 1. The second kappa shape index (κ2) is 8.25. The molecule has 1 atom stereocenters. The van der Waals surface area contributed by atoms with Crippen molar-refractivity contribution < 1.29 is 19.2 Å². The second-order valence-corrected chi connectivity index (χ2v) is 5.56. The zero-order valence-electron chi connectivity index (χ0n) is 13.3. The van der Waals surface area contributed by atoms with E-state index in [1.165, 1.54) is 37.4 Å². The molecule has 8 heteroatoms. The van der Waals surface area contributed by atoms with Gasteiger partial charge in [0.1, 0.15) is 6.04 Å². The molecule has 1 N–H and O–H groups in total. The largest absolute Gasteiger partial charge is 0.467 e. The lowest BCUT2D eigenvalue weighted by atomic mass is 10.0. The number of hydrogen-bond acceptors (Lipinski definition) is 5. The molecular formula is C17H15ClN2O5. The van der Waals surface area contributed by atoms with E-state index < -0.39 is 22.8 Å². The molecule has 2 rings (SSSR count). The van der Waals surface area contributed by atoms with Crippen molar-refractivity contribution in [3.05, 3.63) is 74.8 Å². The lowest BCUT2D eigenvalue weighted by Gasteiger charge is -2.17. The number of non-ortho nitro benzene ring substituents is 1. The number of nitro benzene ring substituents is 1. The Morgan fingerprint density at radius 2 is 1.84 bits per heavy atom. The molecule has 0 aliphatic heterocycles. The summed E-state index contributed by atoms with van der Waals surface area (Å²) in [4.78, 5) is 34.5. The highest BCUT2D eigenvalue weighted by molar-refractivity contribution is 6.33. The molecule has 0 saturated heterocycles. The number of carbonyl (C=O) groups excluding carboxylic acids is 2. The van der Waals surface area contributed by atoms with Crippen molar-refractivity contribution in [2.45, 2.75) is 12.5 Å². The van der Waals surface area contributed by atoms with Crippen LogP contribution in [0.1, 0.15) is 15.9 Å². The number of hydrogen-bond donors (Lipinski definition) is 1. The standard InChI is InChI=1S/C17H15ClN2O5/c1-25-17(22)15(10-11-6-8-12(9-7-11)20(23)24)19-16(21)13-4-2-3-5-14(13)18/h2-9,15H,10H2,1H3,(H,19,21)/t15-/m1/s1. The Kier molecular flexibility index (Phi) is 6.08. The van der Waals surface area contributed by atoms with Crippen LogP contribution in [0, 0.1) is 10.1 Å². The van der Waals surface area contributed by atoms with E-state index in [1.807, 2.05) is 0 Å². The number of nitrogens with zero attached hydrogens (tertiary/aromatic N) is 1. The van der Waals surface area contributed by atoms with Crippen LogP contribution in [0.4, 0.5) is 5.69 Å². The minimum absolute atomic E-state index is 0.0570. The van der Waals surface area contributed by atoms with Gasteiger partial charge in [0.05, 0.1) is 22.6 Å². The van der Waals surface area contributed by atoms with E-state index >= 15 is 0 Å². The Balaban J connectivity index is 2.16. The molecule has 7 nitrogen and oxygen atoms in total. The molecule has 0 saturated carbocycles. The van der Waals surface area contributed by atoms with Crippen LogP contribution in [0.3, 0.4) is 0 Å². The zero-order chi connectivity index (χ0) is 18.4. The number of nitro groups is 1. The third-order valence-corrected chi connectivity index (χ3v) is 3.83. The fraction of sp³-hybridized carbons (Fsp3) is 0.176. The summed E-state index contributed by atoms with van der Waals surface area (Å²) in [5.74, 6) is -1.14. The molecule has 25 heavy (non-hydrogen) atoms. The van der Waals surface area contributed by atoms with E-state index in [9.17, 15) is 19.7 Å². The second-order valence-electron chi connectivity index (χ2n) is 5.16. The predicted octanol–water partition coefficient (Wildman–Crippen LogP) is 2.76. The fourth-order valence-corrected chi connectivity index (χ4v) is 2.43. The first-order valence-electron chi connectivity index (χ1n) is 7.29. The molecule has 0 bridgehead atoms. The van der Waals surface area contributed by atoms with Gasteiger partial charge in [-0.25, -0.2) is 4.79 Å². The Morgan fingerprint density at radius 1 is 1.20 bits per heavy atom.